The lowest BCUT2D eigenvalue weighted by Crippen LogP contribution is -2.38. The lowest BCUT2D eigenvalue weighted by molar-refractivity contribution is -0.125. The van der Waals surface area contributed by atoms with Crippen LogP contribution >= 0.6 is 11.8 Å². The molecule has 2 aromatic carbocycles. The minimum Gasteiger partial charge on any atom is -0.375 e. The van der Waals surface area contributed by atoms with E-state index in [9.17, 15) is 9.59 Å². The van der Waals surface area contributed by atoms with Gasteiger partial charge in [-0.1, -0.05) is 42.1 Å². The lowest BCUT2D eigenvalue weighted by atomic mass is 10.3. The van der Waals surface area contributed by atoms with E-state index in [0.717, 1.165) is 15.5 Å². The number of carbonyl (C=O) groups is 2. The first-order valence-electron chi connectivity index (χ1n) is 7.38. The molecule has 3 rings (SSSR count). The third-order valence-electron chi connectivity index (χ3n) is 3.45. The highest BCUT2D eigenvalue weighted by atomic mass is 32.2. The number of nitrogens with zero attached hydrogens (tertiary/aromatic N) is 1. The summed E-state index contributed by atoms with van der Waals surface area (Å²) in [5.74, 6) is -0.223. The molecule has 118 valence electrons. The zero-order valence-electron chi connectivity index (χ0n) is 12.5. The predicted molar refractivity (Wildman–Crippen MR) is 90.6 cm³/mol. The van der Waals surface area contributed by atoms with Gasteiger partial charge in [0.05, 0.1) is 6.54 Å². The predicted octanol–water partition coefficient (Wildman–Crippen LogP) is 2.80. The van der Waals surface area contributed by atoms with Crippen molar-refractivity contribution in [2.75, 3.05) is 25.0 Å². The Morgan fingerprint density at radius 1 is 1.13 bits per heavy atom. The van der Waals surface area contributed by atoms with Crippen LogP contribution in [-0.2, 0) is 4.79 Å². The summed E-state index contributed by atoms with van der Waals surface area (Å²) < 4.78 is 0. The van der Waals surface area contributed by atoms with E-state index in [-0.39, 0.29) is 18.5 Å². The first-order chi connectivity index (χ1) is 11.2. The van der Waals surface area contributed by atoms with E-state index >= 15 is 0 Å². The zero-order valence-corrected chi connectivity index (χ0v) is 13.3. The standard InChI is InChI=1S/C17H17N3O2S/c21-16(20-11-10-18-17(20)22)12-19-14-8-4-5-9-15(14)23-13-6-2-1-3-7-13/h1-9,19H,10-12H2,(H,18,22). The molecule has 2 aromatic rings. The summed E-state index contributed by atoms with van der Waals surface area (Å²) in [4.78, 5) is 27.0. The fourth-order valence-electron chi connectivity index (χ4n) is 2.29. The second-order valence-corrected chi connectivity index (χ2v) is 6.16. The molecule has 2 N–H and O–H groups in total. The Hall–Kier alpha value is -2.47. The maximum Gasteiger partial charge on any atom is 0.324 e. The number of imide groups is 1. The first-order valence-corrected chi connectivity index (χ1v) is 8.20. The summed E-state index contributed by atoms with van der Waals surface area (Å²) in [5.41, 5.74) is 0.884. The Morgan fingerprint density at radius 3 is 2.61 bits per heavy atom. The van der Waals surface area contributed by atoms with Gasteiger partial charge in [-0.05, 0) is 24.3 Å². The summed E-state index contributed by atoms with van der Waals surface area (Å²) in [7, 11) is 0. The fourth-order valence-corrected chi connectivity index (χ4v) is 3.24. The lowest BCUT2D eigenvalue weighted by Gasteiger charge is -2.15. The Bertz CT molecular complexity index is 706. The van der Waals surface area contributed by atoms with Crippen molar-refractivity contribution >= 4 is 29.4 Å². The number of hydrogen-bond donors (Lipinski definition) is 2. The summed E-state index contributed by atoms with van der Waals surface area (Å²) in [6.07, 6.45) is 0. The van der Waals surface area contributed by atoms with E-state index in [4.69, 9.17) is 0 Å². The SMILES string of the molecule is O=C(CNc1ccccc1Sc1ccccc1)N1CCNC1=O. The number of urea groups is 1. The summed E-state index contributed by atoms with van der Waals surface area (Å²) in [5, 5.41) is 5.77. The molecule has 0 radical (unpaired) electrons. The number of para-hydroxylation sites is 1. The molecule has 1 aliphatic rings. The van der Waals surface area contributed by atoms with Crippen LogP contribution < -0.4 is 10.6 Å². The molecule has 1 fully saturated rings. The van der Waals surface area contributed by atoms with Gasteiger partial charge in [-0.2, -0.15) is 0 Å². The largest absolute Gasteiger partial charge is 0.375 e. The molecule has 1 aliphatic heterocycles. The molecule has 5 nitrogen and oxygen atoms in total. The molecule has 0 aliphatic carbocycles. The van der Waals surface area contributed by atoms with Crippen LogP contribution in [0.3, 0.4) is 0 Å². The first kappa shape index (κ1) is 15.4. The van der Waals surface area contributed by atoms with Crippen molar-refractivity contribution in [2.24, 2.45) is 0 Å². The highest BCUT2D eigenvalue weighted by molar-refractivity contribution is 7.99. The quantitative estimate of drug-likeness (QED) is 0.886. The van der Waals surface area contributed by atoms with Gasteiger partial charge in [0.15, 0.2) is 0 Å². The van der Waals surface area contributed by atoms with E-state index in [1.807, 2.05) is 54.6 Å². The van der Waals surface area contributed by atoms with Gasteiger partial charge in [-0.15, -0.1) is 0 Å². The van der Waals surface area contributed by atoms with Crippen LogP contribution in [-0.4, -0.2) is 36.5 Å². The molecule has 6 heteroatoms. The van der Waals surface area contributed by atoms with Crippen molar-refractivity contribution in [1.82, 2.24) is 10.2 Å². The van der Waals surface area contributed by atoms with Gasteiger partial charge < -0.3 is 10.6 Å². The highest BCUT2D eigenvalue weighted by Crippen LogP contribution is 2.33. The molecule has 0 bridgehead atoms. The van der Waals surface area contributed by atoms with Gasteiger partial charge in [-0.3, -0.25) is 9.69 Å². The van der Waals surface area contributed by atoms with Crippen molar-refractivity contribution in [3.63, 3.8) is 0 Å². The van der Waals surface area contributed by atoms with Crippen LogP contribution in [0.15, 0.2) is 64.4 Å². The Kier molecular flexibility index (Phi) is 4.83. The molecule has 3 amide bonds. The number of anilines is 1. The molecule has 0 aromatic heterocycles. The third-order valence-corrected chi connectivity index (χ3v) is 4.53. The maximum atomic E-state index is 12.1. The van der Waals surface area contributed by atoms with Crippen LogP contribution in [0.5, 0.6) is 0 Å². The molecule has 0 saturated carbocycles. The minimum atomic E-state index is -0.316. The summed E-state index contributed by atoms with van der Waals surface area (Å²) >= 11 is 1.63. The number of rotatable bonds is 5. The average molecular weight is 327 g/mol. The molecule has 0 atom stereocenters. The fraction of sp³-hybridized carbons (Fsp3) is 0.176. The van der Waals surface area contributed by atoms with Crippen LogP contribution in [0.1, 0.15) is 0 Å². The Morgan fingerprint density at radius 2 is 1.87 bits per heavy atom. The molecule has 23 heavy (non-hydrogen) atoms. The average Bonchev–Trinajstić information content (AvgIpc) is 3.01. The third kappa shape index (κ3) is 3.84. The van der Waals surface area contributed by atoms with Gasteiger partial charge in [0, 0.05) is 28.6 Å². The van der Waals surface area contributed by atoms with Gasteiger partial charge in [0.2, 0.25) is 5.91 Å². The van der Waals surface area contributed by atoms with E-state index in [1.165, 1.54) is 4.90 Å². The van der Waals surface area contributed by atoms with Gasteiger partial charge in [0.25, 0.3) is 0 Å². The maximum absolute atomic E-state index is 12.1. The van der Waals surface area contributed by atoms with E-state index in [0.29, 0.717) is 13.1 Å². The van der Waals surface area contributed by atoms with Crippen LogP contribution in [0.4, 0.5) is 10.5 Å². The van der Waals surface area contributed by atoms with Crippen molar-refractivity contribution in [3.05, 3.63) is 54.6 Å². The van der Waals surface area contributed by atoms with Gasteiger partial charge in [-0.25, -0.2) is 4.79 Å². The van der Waals surface area contributed by atoms with Crippen LogP contribution in [0.2, 0.25) is 0 Å². The normalized spacial score (nSPS) is 13.7. The molecule has 1 saturated heterocycles. The zero-order chi connectivity index (χ0) is 16.1. The highest BCUT2D eigenvalue weighted by Gasteiger charge is 2.25. The summed E-state index contributed by atoms with van der Waals surface area (Å²) in [6.45, 7) is 1.05. The number of hydrogen-bond acceptors (Lipinski definition) is 4. The molecular formula is C17H17N3O2S. The molecule has 1 heterocycles. The van der Waals surface area contributed by atoms with Crippen LogP contribution in [0, 0.1) is 0 Å². The molecule has 0 unspecified atom stereocenters. The second kappa shape index (κ2) is 7.19. The second-order valence-electron chi connectivity index (χ2n) is 5.04. The minimum absolute atomic E-state index is 0.0970. The Balaban J connectivity index is 1.66. The van der Waals surface area contributed by atoms with Crippen molar-refractivity contribution in [1.29, 1.82) is 0 Å². The van der Waals surface area contributed by atoms with Crippen molar-refractivity contribution in [3.8, 4) is 0 Å². The topological polar surface area (TPSA) is 61.4 Å². The number of amides is 3. The van der Waals surface area contributed by atoms with E-state index < -0.39 is 0 Å². The summed E-state index contributed by atoms with van der Waals surface area (Å²) in [6, 6.07) is 17.6. The van der Waals surface area contributed by atoms with E-state index in [1.54, 1.807) is 11.8 Å². The van der Waals surface area contributed by atoms with Crippen LogP contribution in [0.25, 0.3) is 0 Å². The number of benzene rings is 2. The number of carbonyl (C=O) groups excluding carboxylic acids is 2. The van der Waals surface area contributed by atoms with Gasteiger partial charge >= 0.3 is 6.03 Å². The van der Waals surface area contributed by atoms with E-state index in [2.05, 4.69) is 10.6 Å². The van der Waals surface area contributed by atoms with Gasteiger partial charge in [0.1, 0.15) is 0 Å². The monoisotopic (exact) mass is 327 g/mol. The van der Waals surface area contributed by atoms with Crippen molar-refractivity contribution < 1.29 is 9.59 Å². The smallest absolute Gasteiger partial charge is 0.324 e. The molecule has 0 spiro atoms. The van der Waals surface area contributed by atoms with Crippen molar-refractivity contribution in [2.45, 2.75) is 9.79 Å². The Labute approximate surface area is 139 Å². The number of nitrogens with one attached hydrogen (secondary N) is 2. The molecular weight excluding hydrogens is 310 g/mol.